The number of phenolic OH excluding ortho intramolecular Hbond substituents is 1. The zero-order valence-corrected chi connectivity index (χ0v) is 11.1. The second kappa shape index (κ2) is 6.20. The van der Waals surface area contributed by atoms with Crippen LogP contribution in [0.25, 0.3) is 0 Å². The Labute approximate surface area is 104 Å². The third-order valence-electron chi connectivity index (χ3n) is 2.14. The van der Waals surface area contributed by atoms with Gasteiger partial charge in [0.25, 0.3) is 0 Å². The first-order valence-electron chi connectivity index (χ1n) is 4.42. The molecule has 0 fully saturated rings. The van der Waals surface area contributed by atoms with Crippen molar-refractivity contribution in [3.05, 3.63) is 22.2 Å². The molecule has 0 heterocycles. The van der Waals surface area contributed by atoms with Gasteiger partial charge >= 0.3 is 0 Å². The number of methoxy groups -OCH3 is 1. The lowest BCUT2D eigenvalue weighted by Crippen LogP contribution is -2.08. The summed E-state index contributed by atoms with van der Waals surface area (Å²) in [7, 11) is 1.52. The quantitative estimate of drug-likeness (QED) is 0.901. The van der Waals surface area contributed by atoms with Gasteiger partial charge in [-0.2, -0.15) is 0 Å². The molecule has 86 valence electrons. The number of phenols is 1. The number of hydrogen-bond acceptors (Lipinski definition) is 3. The summed E-state index contributed by atoms with van der Waals surface area (Å²) < 4.78 is 5.63. The number of hydrogen-bond donors (Lipinski definition) is 2. The molecule has 1 aromatic carbocycles. The van der Waals surface area contributed by atoms with E-state index in [1.807, 2.05) is 13.0 Å². The molecular weight excluding hydrogens is 281 g/mol. The van der Waals surface area contributed by atoms with E-state index in [0.717, 1.165) is 12.0 Å². The topological polar surface area (TPSA) is 55.5 Å². The van der Waals surface area contributed by atoms with Gasteiger partial charge in [-0.15, -0.1) is 12.4 Å². The van der Waals surface area contributed by atoms with Crippen molar-refractivity contribution < 1.29 is 9.84 Å². The fraction of sp³-hybridized carbons (Fsp3) is 0.400. The van der Waals surface area contributed by atoms with Gasteiger partial charge in [-0.25, -0.2) is 0 Å². The minimum Gasteiger partial charge on any atom is -0.503 e. The Bertz CT molecular complexity index is 333. The number of rotatable bonds is 3. The van der Waals surface area contributed by atoms with Crippen molar-refractivity contribution in [1.29, 1.82) is 0 Å². The number of nitrogens with two attached hydrogens (primary N) is 1. The van der Waals surface area contributed by atoms with Gasteiger partial charge in [0, 0.05) is 6.04 Å². The van der Waals surface area contributed by atoms with Gasteiger partial charge in [0.15, 0.2) is 11.5 Å². The van der Waals surface area contributed by atoms with Crippen LogP contribution in [0.4, 0.5) is 0 Å². The molecule has 0 aromatic heterocycles. The van der Waals surface area contributed by atoms with Gasteiger partial charge in [0.1, 0.15) is 0 Å². The third kappa shape index (κ3) is 3.26. The first-order chi connectivity index (χ1) is 6.60. The van der Waals surface area contributed by atoms with Crippen LogP contribution in [-0.4, -0.2) is 12.2 Å². The molecule has 0 radical (unpaired) electrons. The number of ether oxygens (including phenoxy) is 1. The number of halogens is 2. The first kappa shape index (κ1) is 14.6. The highest BCUT2D eigenvalue weighted by atomic mass is 79.9. The molecule has 0 aliphatic heterocycles. The molecule has 0 bridgehead atoms. The van der Waals surface area contributed by atoms with Gasteiger partial charge in [0.05, 0.1) is 11.6 Å². The van der Waals surface area contributed by atoms with Crippen LogP contribution in [0.1, 0.15) is 24.9 Å². The SMILES string of the molecule is CC[C@@H](N)c1cc(Br)c(O)c(OC)c1.Cl. The van der Waals surface area contributed by atoms with Crippen LogP contribution >= 0.6 is 28.3 Å². The van der Waals surface area contributed by atoms with Crippen molar-refractivity contribution in [1.82, 2.24) is 0 Å². The van der Waals surface area contributed by atoms with E-state index in [1.54, 1.807) is 6.07 Å². The van der Waals surface area contributed by atoms with Crippen LogP contribution in [0.2, 0.25) is 0 Å². The fourth-order valence-electron chi connectivity index (χ4n) is 1.20. The standard InChI is InChI=1S/C10H14BrNO2.ClH/c1-3-8(12)6-4-7(11)10(13)9(5-6)14-2;/h4-5,8,13H,3,12H2,1-2H3;1H/t8-;/m1./s1. The normalized spacial score (nSPS) is 11.7. The van der Waals surface area contributed by atoms with Crippen LogP contribution in [-0.2, 0) is 0 Å². The van der Waals surface area contributed by atoms with E-state index >= 15 is 0 Å². The van der Waals surface area contributed by atoms with Crippen LogP contribution in [0, 0.1) is 0 Å². The maximum Gasteiger partial charge on any atom is 0.172 e. The largest absolute Gasteiger partial charge is 0.503 e. The predicted octanol–water partition coefficient (Wildman–Crippen LogP) is 2.99. The maximum absolute atomic E-state index is 9.56. The minimum atomic E-state index is -0.0270. The van der Waals surface area contributed by atoms with Crippen LogP contribution in [0.15, 0.2) is 16.6 Å². The van der Waals surface area contributed by atoms with Gasteiger partial charge in [0.2, 0.25) is 0 Å². The second-order valence-corrected chi connectivity index (χ2v) is 3.92. The third-order valence-corrected chi connectivity index (χ3v) is 2.74. The molecule has 0 saturated heterocycles. The van der Waals surface area contributed by atoms with Crippen LogP contribution in [0.5, 0.6) is 11.5 Å². The zero-order valence-electron chi connectivity index (χ0n) is 8.66. The summed E-state index contributed by atoms with van der Waals surface area (Å²) >= 11 is 3.25. The average Bonchev–Trinajstić information content (AvgIpc) is 2.20. The lowest BCUT2D eigenvalue weighted by atomic mass is 10.1. The van der Waals surface area contributed by atoms with E-state index in [9.17, 15) is 5.11 Å². The lowest BCUT2D eigenvalue weighted by molar-refractivity contribution is 0.371. The number of aromatic hydroxyl groups is 1. The number of benzene rings is 1. The van der Waals surface area contributed by atoms with Crippen molar-refractivity contribution in [2.24, 2.45) is 5.73 Å². The first-order valence-corrected chi connectivity index (χ1v) is 5.21. The summed E-state index contributed by atoms with van der Waals surface area (Å²) in [4.78, 5) is 0. The Balaban J connectivity index is 0.00000196. The van der Waals surface area contributed by atoms with Crippen LogP contribution in [0.3, 0.4) is 0 Å². The van der Waals surface area contributed by atoms with Gasteiger partial charge in [-0.1, -0.05) is 6.92 Å². The van der Waals surface area contributed by atoms with E-state index in [-0.39, 0.29) is 24.2 Å². The van der Waals surface area contributed by atoms with E-state index in [2.05, 4.69) is 15.9 Å². The highest BCUT2D eigenvalue weighted by molar-refractivity contribution is 9.10. The maximum atomic E-state index is 9.56. The molecule has 1 aromatic rings. The van der Waals surface area contributed by atoms with Gasteiger partial charge in [-0.3, -0.25) is 0 Å². The predicted molar refractivity (Wildman–Crippen MR) is 66.8 cm³/mol. The molecular formula is C10H15BrClNO2. The summed E-state index contributed by atoms with van der Waals surface area (Å²) in [6, 6.07) is 3.54. The molecule has 15 heavy (non-hydrogen) atoms. The molecule has 5 heteroatoms. The van der Waals surface area contributed by atoms with E-state index in [0.29, 0.717) is 10.2 Å². The Morgan fingerprint density at radius 1 is 1.53 bits per heavy atom. The summed E-state index contributed by atoms with van der Waals surface area (Å²) in [6.45, 7) is 2.01. The fourth-order valence-corrected chi connectivity index (χ4v) is 1.66. The van der Waals surface area contributed by atoms with E-state index in [4.69, 9.17) is 10.5 Å². The van der Waals surface area contributed by atoms with Gasteiger partial charge < -0.3 is 15.6 Å². The molecule has 3 nitrogen and oxygen atoms in total. The Morgan fingerprint density at radius 3 is 2.60 bits per heavy atom. The van der Waals surface area contributed by atoms with Crippen LogP contribution < -0.4 is 10.5 Å². The molecule has 3 N–H and O–H groups in total. The summed E-state index contributed by atoms with van der Waals surface area (Å²) in [5.74, 6) is 0.554. The molecule has 0 unspecified atom stereocenters. The highest BCUT2D eigenvalue weighted by Gasteiger charge is 2.11. The summed E-state index contributed by atoms with van der Waals surface area (Å²) in [5, 5.41) is 9.56. The van der Waals surface area contributed by atoms with Crippen molar-refractivity contribution in [3.8, 4) is 11.5 Å². The minimum absolute atomic E-state index is 0. The second-order valence-electron chi connectivity index (χ2n) is 3.07. The zero-order chi connectivity index (χ0) is 10.7. The van der Waals surface area contributed by atoms with Crippen molar-refractivity contribution in [3.63, 3.8) is 0 Å². The Kier molecular flexibility index (Phi) is 6.02. The van der Waals surface area contributed by atoms with Crippen molar-refractivity contribution in [2.45, 2.75) is 19.4 Å². The van der Waals surface area contributed by atoms with Crippen molar-refractivity contribution in [2.75, 3.05) is 7.11 Å². The molecule has 0 aliphatic carbocycles. The average molecular weight is 297 g/mol. The summed E-state index contributed by atoms with van der Waals surface area (Å²) in [6.07, 6.45) is 0.848. The molecule has 0 amide bonds. The Morgan fingerprint density at radius 2 is 2.13 bits per heavy atom. The molecule has 1 atom stereocenters. The van der Waals surface area contributed by atoms with E-state index in [1.165, 1.54) is 7.11 Å². The molecule has 0 saturated carbocycles. The molecule has 0 spiro atoms. The molecule has 1 rings (SSSR count). The van der Waals surface area contributed by atoms with E-state index < -0.39 is 0 Å². The molecule has 0 aliphatic rings. The lowest BCUT2D eigenvalue weighted by Gasteiger charge is -2.13. The highest BCUT2D eigenvalue weighted by Crippen LogP contribution is 2.36. The Hall–Kier alpha value is -0.450. The summed E-state index contributed by atoms with van der Waals surface area (Å²) in [5.41, 5.74) is 6.83. The van der Waals surface area contributed by atoms with Gasteiger partial charge in [-0.05, 0) is 40.0 Å². The monoisotopic (exact) mass is 295 g/mol. The smallest absolute Gasteiger partial charge is 0.172 e. The van der Waals surface area contributed by atoms with Crippen molar-refractivity contribution >= 4 is 28.3 Å².